The third-order valence-corrected chi connectivity index (χ3v) is 4.49. The molecule has 0 unspecified atom stereocenters. The van der Waals surface area contributed by atoms with Gasteiger partial charge in [0.2, 0.25) is 0 Å². The number of thiazole rings is 1. The molecule has 116 valence electrons. The molecule has 3 rings (SSSR count). The van der Waals surface area contributed by atoms with Crippen molar-refractivity contribution in [1.82, 2.24) is 4.98 Å². The molecule has 1 aromatic carbocycles. The minimum Gasteiger partial charge on any atom is -0.351 e. The van der Waals surface area contributed by atoms with E-state index in [0.717, 1.165) is 10.6 Å². The van der Waals surface area contributed by atoms with E-state index >= 15 is 0 Å². The number of thiophene rings is 1. The van der Waals surface area contributed by atoms with Crippen molar-refractivity contribution >= 4 is 46.0 Å². The summed E-state index contributed by atoms with van der Waals surface area (Å²) >= 11 is 3.02. The first-order valence-corrected chi connectivity index (χ1v) is 8.40. The fraction of sp³-hybridized carbons (Fsp3) is 0. The van der Waals surface area contributed by atoms with Gasteiger partial charge in [-0.15, -0.1) is 11.3 Å². The summed E-state index contributed by atoms with van der Waals surface area (Å²) in [5.74, 6) is -0.279. The van der Waals surface area contributed by atoms with Crippen molar-refractivity contribution in [3.8, 4) is 10.6 Å². The van der Waals surface area contributed by atoms with E-state index in [2.05, 4.69) is 15.6 Å². The molecule has 0 bridgehead atoms. The zero-order valence-electron chi connectivity index (χ0n) is 11.8. The van der Waals surface area contributed by atoms with Crippen LogP contribution in [0.15, 0.2) is 46.5 Å². The Balaban J connectivity index is 1.68. The van der Waals surface area contributed by atoms with Crippen LogP contribution in [0.2, 0.25) is 0 Å². The molecular formula is C15H12N4O2S2. The fourth-order valence-corrected chi connectivity index (χ4v) is 3.38. The monoisotopic (exact) mass is 344 g/mol. The Hall–Kier alpha value is -2.71. The number of urea groups is 1. The van der Waals surface area contributed by atoms with E-state index in [1.165, 1.54) is 11.3 Å². The van der Waals surface area contributed by atoms with E-state index in [0.29, 0.717) is 17.1 Å². The maximum Gasteiger partial charge on any atom is 0.316 e. The molecule has 0 aliphatic carbocycles. The number of primary amides is 1. The summed E-state index contributed by atoms with van der Waals surface area (Å²) in [6, 6.07) is 7.99. The largest absolute Gasteiger partial charge is 0.351 e. The van der Waals surface area contributed by atoms with Crippen LogP contribution in [0.1, 0.15) is 10.5 Å². The Bertz CT molecular complexity index is 826. The van der Waals surface area contributed by atoms with Crippen molar-refractivity contribution in [2.75, 3.05) is 10.6 Å². The van der Waals surface area contributed by atoms with Crippen molar-refractivity contribution in [3.63, 3.8) is 0 Å². The van der Waals surface area contributed by atoms with Gasteiger partial charge in [-0.05, 0) is 35.7 Å². The number of benzene rings is 1. The van der Waals surface area contributed by atoms with E-state index in [4.69, 9.17) is 5.73 Å². The molecule has 0 saturated heterocycles. The van der Waals surface area contributed by atoms with Crippen molar-refractivity contribution in [1.29, 1.82) is 0 Å². The Kier molecular flexibility index (Phi) is 4.35. The molecule has 2 heterocycles. The highest BCUT2D eigenvalue weighted by atomic mass is 32.1. The van der Waals surface area contributed by atoms with Crippen LogP contribution in [0.25, 0.3) is 10.6 Å². The number of carbonyl (C=O) groups is 2. The highest BCUT2D eigenvalue weighted by Gasteiger charge is 2.12. The van der Waals surface area contributed by atoms with E-state index in [-0.39, 0.29) is 5.91 Å². The summed E-state index contributed by atoms with van der Waals surface area (Å²) in [5.41, 5.74) is 7.59. The van der Waals surface area contributed by atoms with Gasteiger partial charge in [0.25, 0.3) is 5.91 Å². The summed E-state index contributed by atoms with van der Waals surface area (Å²) in [7, 11) is 0. The van der Waals surface area contributed by atoms with Gasteiger partial charge in [0, 0.05) is 27.7 Å². The number of carbonyl (C=O) groups excluding carboxylic acids is 2. The van der Waals surface area contributed by atoms with E-state index in [1.807, 2.05) is 16.8 Å². The van der Waals surface area contributed by atoms with Crippen LogP contribution in [0.3, 0.4) is 0 Å². The highest BCUT2D eigenvalue weighted by molar-refractivity contribution is 7.14. The number of hydrogen-bond donors (Lipinski definition) is 3. The summed E-state index contributed by atoms with van der Waals surface area (Å²) < 4.78 is 0. The number of amides is 3. The molecule has 3 amide bonds. The number of nitrogens with one attached hydrogen (secondary N) is 2. The van der Waals surface area contributed by atoms with Gasteiger partial charge in [0.1, 0.15) is 10.7 Å². The van der Waals surface area contributed by atoms with Crippen LogP contribution in [0, 0.1) is 0 Å². The lowest BCUT2D eigenvalue weighted by Crippen LogP contribution is -2.19. The van der Waals surface area contributed by atoms with Gasteiger partial charge in [-0.3, -0.25) is 4.79 Å². The van der Waals surface area contributed by atoms with Gasteiger partial charge in [0.15, 0.2) is 0 Å². The average Bonchev–Trinajstić information content (AvgIpc) is 3.19. The maximum atomic E-state index is 12.2. The lowest BCUT2D eigenvalue weighted by Gasteiger charge is -2.05. The van der Waals surface area contributed by atoms with Gasteiger partial charge in [0.05, 0.1) is 0 Å². The van der Waals surface area contributed by atoms with Crippen LogP contribution in [-0.4, -0.2) is 16.9 Å². The topological polar surface area (TPSA) is 97.1 Å². The highest BCUT2D eigenvalue weighted by Crippen LogP contribution is 2.26. The second kappa shape index (κ2) is 6.59. The molecule has 23 heavy (non-hydrogen) atoms. The first-order valence-electron chi connectivity index (χ1n) is 6.58. The summed E-state index contributed by atoms with van der Waals surface area (Å²) in [6.07, 6.45) is 0. The predicted molar refractivity (Wildman–Crippen MR) is 93.0 cm³/mol. The number of nitrogens with zero attached hydrogens (tertiary/aromatic N) is 1. The maximum absolute atomic E-state index is 12.2. The van der Waals surface area contributed by atoms with Crippen molar-refractivity contribution in [2.45, 2.75) is 0 Å². The van der Waals surface area contributed by atoms with Crippen LogP contribution in [0.4, 0.5) is 16.2 Å². The van der Waals surface area contributed by atoms with Gasteiger partial charge < -0.3 is 16.4 Å². The normalized spacial score (nSPS) is 10.3. The van der Waals surface area contributed by atoms with Gasteiger partial charge in [-0.1, -0.05) is 0 Å². The molecule has 6 nitrogen and oxygen atoms in total. The molecule has 4 N–H and O–H groups in total. The lowest BCUT2D eigenvalue weighted by molar-refractivity contribution is 0.102. The van der Waals surface area contributed by atoms with Crippen LogP contribution >= 0.6 is 22.7 Å². The first kappa shape index (κ1) is 15.2. The summed E-state index contributed by atoms with van der Waals surface area (Å²) in [6.45, 7) is 0. The second-order valence-corrected chi connectivity index (χ2v) is 6.21. The molecule has 0 saturated carbocycles. The lowest BCUT2D eigenvalue weighted by atomic mass is 10.2. The molecule has 0 atom stereocenters. The van der Waals surface area contributed by atoms with Gasteiger partial charge >= 0.3 is 6.03 Å². The molecule has 0 aliphatic rings. The quantitative estimate of drug-likeness (QED) is 0.674. The van der Waals surface area contributed by atoms with Crippen LogP contribution < -0.4 is 16.4 Å². The van der Waals surface area contributed by atoms with Crippen LogP contribution in [0.5, 0.6) is 0 Å². The smallest absolute Gasteiger partial charge is 0.316 e. The standard InChI is InChI=1S/C15H12N4O2S2/c16-15(21)18-11-3-1-10(2-4-11)17-13(20)12-8-23-14(19-12)9-5-6-22-7-9/h1-8H,(H,17,20)(H3,16,18,21). The minimum atomic E-state index is -0.634. The van der Waals surface area contributed by atoms with Gasteiger partial charge in [-0.2, -0.15) is 11.3 Å². The first-order chi connectivity index (χ1) is 11.1. The Morgan fingerprint density at radius 2 is 1.70 bits per heavy atom. The molecular weight excluding hydrogens is 332 g/mol. The average molecular weight is 344 g/mol. The van der Waals surface area contributed by atoms with Crippen molar-refractivity contribution in [2.24, 2.45) is 5.73 Å². The third kappa shape index (κ3) is 3.74. The fourth-order valence-electron chi connectivity index (χ4n) is 1.87. The zero-order chi connectivity index (χ0) is 16.2. The molecule has 0 spiro atoms. The molecule has 0 aliphatic heterocycles. The Morgan fingerprint density at radius 1 is 1.00 bits per heavy atom. The number of rotatable bonds is 4. The number of anilines is 2. The van der Waals surface area contributed by atoms with Crippen molar-refractivity contribution in [3.05, 3.63) is 52.2 Å². The van der Waals surface area contributed by atoms with E-state index in [1.54, 1.807) is 41.0 Å². The van der Waals surface area contributed by atoms with E-state index < -0.39 is 6.03 Å². The second-order valence-electron chi connectivity index (χ2n) is 4.57. The molecule has 3 aromatic rings. The molecule has 8 heteroatoms. The third-order valence-electron chi connectivity index (χ3n) is 2.92. The predicted octanol–water partition coefficient (Wildman–Crippen LogP) is 3.61. The van der Waals surface area contributed by atoms with Crippen molar-refractivity contribution < 1.29 is 9.59 Å². The number of aromatic nitrogens is 1. The van der Waals surface area contributed by atoms with Gasteiger partial charge in [-0.25, -0.2) is 9.78 Å². The molecule has 2 aromatic heterocycles. The summed E-state index contributed by atoms with van der Waals surface area (Å²) in [4.78, 5) is 27.3. The zero-order valence-corrected chi connectivity index (χ0v) is 13.4. The van der Waals surface area contributed by atoms with E-state index in [9.17, 15) is 9.59 Å². The number of nitrogens with two attached hydrogens (primary N) is 1. The van der Waals surface area contributed by atoms with Crippen LogP contribution in [-0.2, 0) is 0 Å². The number of hydrogen-bond acceptors (Lipinski definition) is 5. The SMILES string of the molecule is NC(=O)Nc1ccc(NC(=O)c2csc(-c3ccsc3)n2)cc1. The Morgan fingerprint density at radius 3 is 2.30 bits per heavy atom. The Labute approximate surface area is 140 Å². The minimum absolute atomic E-state index is 0.279. The molecule has 0 radical (unpaired) electrons. The molecule has 0 fully saturated rings. The summed E-state index contributed by atoms with van der Waals surface area (Å²) in [5, 5.41) is 11.7.